The normalized spacial score (nSPS) is 25.8. The molecule has 5 N–H and O–H groups in total. The van der Waals surface area contributed by atoms with Crippen LogP contribution in [0.1, 0.15) is 139 Å². The number of rotatable bonds is 19. The van der Waals surface area contributed by atoms with Gasteiger partial charge in [-0.3, -0.25) is 19.2 Å². The molecule has 8 atom stereocenters. The Kier molecular flexibility index (Phi) is 16.4. The molecule has 0 radical (unpaired) electrons. The van der Waals surface area contributed by atoms with E-state index in [1.54, 1.807) is 26.1 Å². The molecule has 67 heavy (non-hydrogen) atoms. The predicted octanol–water partition coefficient (Wildman–Crippen LogP) is 8.46. The van der Waals surface area contributed by atoms with Crippen molar-refractivity contribution in [3.8, 4) is 22.6 Å². The number of fused-ring (bicyclic) bond motifs is 5. The minimum absolute atomic E-state index is 0.0200. The monoisotopic (exact) mass is 919 g/mol. The van der Waals surface area contributed by atoms with E-state index in [1.165, 1.54) is 37.0 Å². The van der Waals surface area contributed by atoms with Gasteiger partial charge < -0.3 is 40.5 Å². The summed E-state index contributed by atoms with van der Waals surface area (Å²) < 4.78 is 25.8. The molecule has 362 valence electrons. The second-order valence-electron chi connectivity index (χ2n) is 20.7. The number of benzene rings is 3. The summed E-state index contributed by atoms with van der Waals surface area (Å²) in [5, 5.41) is 3.06. The maximum Gasteiger partial charge on any atom is 0.461 e. The lowest BCUT2D eigenvalue weighted by atomic mass is 9.43. The predicted molar refractivity (Wildman–Crippen MR) is 263 cm³/mol. The number of carbonyl (C=O) groups is 4. The van der Waals surface area contributed by atoms with Crippen molar-refractivity contribution in [2.24, 2.45) is 34.6 Å². The number of ketones is 2. The third kappa shape index (κ3) is 11.0. The molecule has 6 bridgehead atoms. The maximum atomic E-state index is 14.8. The van der Waals surface area contributed by atoms with Crippen LogP contribution in [0.3, 0.4) is 0 Å². The number of hydrogen-bond acceptors (Lipinski definition) is 10. The number of likely N-dealkylation sites (N-methyl/N-ethyl adjacent to an activating group) is 1. The average Bonchev–Trinajstić information content (AvgIpc) is 3.68. The molecule has 3 aromatic rings. The Morgan fingerprint density at radius 3 is 2.21 bits per heavy atom. The van der Waals surface area contributed by atoms with Crippen LogP contribution in [-0.2, 0) is 36.5 Å². The minimum Gasteiger partial charge on any atom is -0.492 e. The van der Waals surface area contributed by atoms with Crippen LogP contribution in [-0.4, -0.2) is 86.5 Å². The zero-order valence-corrected chi connectivity index (χ0v) is 41.1. The van der Waals surface area contributed by atoms with E-state index in [-0.39, 0.29) is 80.4 Å². The summed E-state index contributed by atoms with van der Waals surface area (Å²) >= 11 is 0. The number of nitrogens with zero attached hydrogens (tertiary/aromatic N) is 1. The molecule has 5 aliphatic rings. The van der Waals surface area contributed by atoms with Gasteiger partial charge in [-0.25, -0.2) is 0 Å². The molecule has 2 aliphatic heterocycles. The van der Waals surface area contributed by atoms with Gasteiger partial charge in [0.2, 0.25) is 5.91 Å². The van der Waals surface area contributed by atoms with E-state index in [1.807, 2.05) is 55.5 Å². The van der Waals surface area contributed by atoms with Crippen LogP contribution in [0.25, 0.3) is 11.1 Å². The van der Waals surface area contributed by atoms with E-state index < -0.39 is 36.6 Å². The minimum atomic E-state index is -1.07. The van der Waals surface area contributed by atoms with Crippen molar-refractivity contribution in [3.05, 3.63) is 82.9 Å². The maximum absolute atomic E-state index is 14.8. The average molecular weight is 919 g/mol. The molecule has 2 amide bonds. The summed E-state index contributed by atoms with van der Waals surface area (Å²) in [6.07, 6.45) is 10.3. The quantitative estimate of drug-likeness (QED) is 0.0783. The van der Waals surface area contributed by atoms with E-state index in [2.05, 4.69) is 33.0 Å². The Hall–Kier alpha value is -4.56. The molecular weight excluding hydrogens is 843 g/mol. The van der Waals surface area contributed by atoms with E-state index in [0.29, 0.717) is 45.6 Å². The molecule has 3 saturated carbocycles. The zero-order valence-electron chi connectivity index (χ0n) is 41.1. The fraction of sp³-hybridized carbons (Fsp3) is 0.593. The van der Waals surface area contributed by atoms with Gasteiger partial charge >= 0.3 is 7.12 Å². The van der Waals surface area contributed by atoms with Gasteiger partial charge in [0.1, 0.15) is 30.8 Å². The van der Waals surface area contributed by atoms with Gasteiger partial charge in [-0.15, -0.1) is 0 Å². The van der Waals surface area contributed by atoms with Gasteiger partial charge in [-0.1, -0.05) is 91.0 Å². The van der Waals surface area contributed by atoms with E-state index >= 15 is 0 Å². The summed E-state index contributed by atoms with van der Waals surface area (Å²) in [5.41, 5.74) is 15.8. The Balaban J connectivity index is 1.19. The van der Waals surface area contributed by atoms with Gasteiger partial charge in [0, 0.05) is 55.6 Å². The number of nitrogens with two attached hydrogens (primary N) is 2. The lowest BCUT2D eigenvalue weighted by Crippen LogP contribution is -2.65. The summed E-state index contributed by atoms with van der Waals surface area (Å²) in [4.78, 5) is 59.5. The smallest absolute Gasteiger partial charge is 0.461 e. The van der Waals surface area contributed by atoms with Gasteiger partial charge in [0.25, 0.3) is 5.91 Å². The number of aryl methyl sites for hydroxylation is 1. The van der Waals surface area contributed by atoms with Crippen LogP contribution in [0, 0.1) is 23.2 Å². The molecular formula is C54H75BN4O8. The lowest BCUT2D eigenvalue weighted by Gasteiger charge is -2.64. The molecule has 2 heterocycles. The van der Waals surface area contributed by atoms with E-state index in [0.717, 1.165) is 36.8 Å². The van der Waals surface area contributed by atoms with Crippen molar-refractivity contribution >= 4 is 30.5 Å². The summed E-state index contributed by atoms with van der Waals surface area (Å²) in [6, 6.07) is 16.8. The highest BCUT2D eigenvalue weighted by atomic mass is 16.7. The third-order valence-corrected chi connectivity index (χ3v) is 15.5. The first-order valence-electron chi connectivity index (χ1n) is 25.1. The second-order valence-corrected chi connectivity index (χ2v) is 20.7. The first-order chi connectivity index (χ1) is 32.1. The van der Waals surface area contributed by atoms with Crippen molar-refractivity contribution in [2.45, 2.75) is 148 Å². The van der Waals surface area contributed by atoms with E-state index in [4.69, 9.17) is 30.2 Å². The van der Waals surface area contributed by atoms with Crippen LogP contribution in [0.5, 0.6) is 11.5 Å². The third-order valence-electron chi connectivity index (χ3n) is 15.5. The molecule has 3 aliphatic carbocycles. The molecule has 12 nitrogen and oxygen atoms in total. The van der Waals surface area contributed by atoms with Gasteiger partial charge in [0.15, 0.2) is 11.6 Å². The molecule has 0 unspecified atom stereocenters. The molecule has 1 saturated heterocycles. The number of nitrogens with one attached hydrogen (secondary N) is 1. The summed E-state index contributed by atoms with van der Waals surface area (Å²) in [7, 11) is 1.08. The largest absolute Gasteiger partial charge is 0.492 e. The Bertz CT molecular complexity index is 2230. The molecule has 13 heteroatoms. The number of amides is 2. The topological polar surface area (TPSA) is 173 Å². The van der Waals surface area contributed by atoms with Crippen LogP contribution < -0.4 is 26.3 Å². The number of hydrogen-bond donors (Lipinski definition) is 3. The number of Topliss-reactive ketones (excluding diaryl/α,β-unsaturated/α-hetero) is 2. The SMILES string of the molecule is CCCCCCCCc1ccc(C(=O)N(C)[C@@H]2C(=O)C[C@@H](C)C(=O)N[C@H](C(=O)C[C@@H](C)B3O[C@@H]4C[C@@H]5C[C@@H](C5(C)C)[C@]4(C)O3)Cc3ccc(OCCN)c(c3)-c3cc2ccc3OCCN)cc1. The van der Waals surface area contributed by atoms with Crippen molar-refractivity contribution in [2.75, 3.05) is 33.4 Å². The van der Waals surface area contributed by atoms with Crippen LogP contribution in [0.15, 0.2) is 60.7 Å². The molecule has 3 aromatic carbocycles. The Morgan fingerprint density at radius 2 is 1.54 bits per heavy atom. The highest BCUT2D eigenvalue weighted by Crippen LogP contribution is 2.66. The van der Waals surface area contributed by atoms with Crippen molar-refractivity contribution in [1.29, 1.82) is 0 Å². The fourth-order valence-electron chi connectivity index (χ4n) is 11.3. The molecule has 8 rings (SSSR count). The summed E-state index contributed by atoms with van der Waals surface area (Å²) in [5.74, 6) is -0.329. The fourth-order valence-corrected chi connectivity index (χ4v) is 11.3. The first-order valence-corrected chi connectivity index (χ1v) is 25.1. The van der Waals surface area contributed by atoms with Gasteiger partial charge in [-0.2, -0.15) is 0 Å². The molecule has 4 fully saturated rings. The zero-order chi connectivity index (χ0) is 48.0. The first kappa shape index (κ1) is 50.3. The highest BCUT2D eigenvalue weighted by Gasteiger charge is 2.68. The lowest BCUT2D eigenvalue weighted by molar-refractivity contribution is -0.199. The van der Waals surface area contributed by atoms with E-state index in [9.17, 15) is 19.2 Å². The standard InChI is InChI=1S/C54H75BN4O8/c1-8-9-10-11-12-13-14-36-15-18-38(19-16-36)52(63)59(7)50-39-20-22-47(65-26-24-57)42(31-39)41-29-37(17-21-46(41)64-25-23-56)30-43(58-51(62)34(2)27-45(50)61)44(60)28-35(3)55-66-49-33-40-32-48(53(40,4)5)54(49,6)67-55/h15-22,29,31,34-35,40,43,48-50H,8-14,23-28,30,32-33,56-57H2,1-7H3,(H,58,62)/t34-,35-,40+,43+,48+,49-,50+,54+/m1/s1. The van der Waals surface area contributed by atoms with Crippen LogP contribution >= 0.6 is 0 Å². The number of unbranched alkanes of at least 4 members (excludes halogenated alkanes) is 5. The second kappa shape index (κ2) is 21.8. The Labute approximate surface area is 399 Å². The number of carbonyl (C=O) groups excluding carboxylic acids is 4. The molecule has 0 aromatic heterocycles. The molecule has 0 spiro atoms. The van der Waals surface area contributed by atoms with Gasteiger partial charge in [-0.05, 0) is 115 Å². The van der Waals surface area contributed by atoms with Crippen LogP contribution in [0.2, 0.25) is 5.82 Å². The summed E-state index contributed by atoms with van der Waals surface area (Å²) in [6.45, 7) is 13.7. The van der Waals surface area contributed by atoms with Crippen molar-refractivity contribution in [1.82, 2.24) is 10.2 Å². The van der Waals surface area contributed by atoms with Crippen molar-refractivity contribution in [3.63, 3.8) is 0 Å². The Morgan fingerprint density at radius 1 is 0.881 bits per heavy atom. The number of ether oxygens (including phenoxy) is 2. The highest BCUT2D eigenvalue weighted by molar-refractivity contribution is 6.47. The van der Waals surface area contributed by atoms with Crippen molar-refractivity contribution < 1.29 is 38.0 Å². The van der Waals surface area contributed by atoms with Crippen LogP contribution in [0.4, 0.5) is 0 Å². The van der Waals surface area contributed by atoms with Gasteiger partial charge in [0.05, 0.1) is 17.7 Å².